The van der Waals surface area contributed by atoms with Crippen LogP contribution < -0.4 is 5.32 Å². The lowest BCUT2D eigenvalue weighted by Crippen LogP contribution is -2.10. The van der Waals surface area contributed by atoms with Crippen molar-refractivity contribution in [2.75, 3.05) is 5.32 Å². The molecule has 7 heteroatoms. The molecule has 0 bridgehead atoms. The van der Waals surface area contributed by atoms with Crippen molar-refractivity contribution in [3.63, 3.8) is 0 Å². The van der Waals surface area contributed by atoms with Crippen LogP contribution >= 0.6 is 11.6 Å². The number of imidazole rings is 1. The summed E-state index contributed by atoms with van der Waals surface area (Å²) >= 11 is 6.03. The molecule has 3 aromatic heterocycles. The minimum atomic E-state index is -0.0890. The Labute approximate surface area is 160 Å². The third kappa shape index (κ3) is 3.39. The molecule has 0 unspecified atom stereocenters. The maximum atomic E-state index is 11.7. The third-order valence-electron chi connectivity index (χ3n) is 4.13. The summed E-state index contributed by atoms with van der Waals surface area (Å²) in [4.78, 5) is 20.7. The van der Waals surface area contributed by atoms with E-state index in [9.17, 15) is 4.79 Å². The molecule has 0 atom stereocenters. The molecule has 1 aromatic carbocycles. The monoisotopic (exact) mass is 377 g/mol. The number of benzene rings is 1. The molecule has 0 spiro atoms. The van der Waals surface area contributed by atoms with Crippen LogP contribution in [0.1, 0.15) is 13.3 Å². The predicted octanol–water partition coefficient (Wildman–Crippen LogP) is 4.46. The average molecular weight is 378 g/mol. The number of hydrogen-bond donors (Lipinski definition) is 1. The topological polar surface area (TPSA) is 72.2 Å². The number of fused-ring (bicyclic) bond motifs is 1. The zero-order valence-corrected chi connectivity index (χ0v) is 15.3. The van der Waals surface area contributed by atoms with Crippen molar-refractivity contribution in [2.45, 2.75) is 13.3 Å². The quantitative estimate of drug-likeness (QED) is 0.570. The number of carbonyl (C=O) groups is 1. The van der Waals surface area contributed by atoms with Gasteiger partial charge in [0, 0.05) is 35.0 Å². The maximum absolute atomic E-state index is 11.7. The standard InChI is InChI=1S/C20H16ClN5O/c1-2-18(27)24-16-12-14(9-11-22-16)20-19(13-5-7-15(21)8-6-13)25-17-4-3-10-23-26(17)20/h3-12H,2H2,1H3,(H,22,24,27). The lowest BCUT2D eigenvalue weighted by molar-refractivity contribution is -0.115. The van der Waals surface area contributed by atoms with Crippen molar-refractivity contribution in [2.24, 2.45) is 0 Å². The smallest absolute Gasteiger partial charge is 0.225 e. The van der Waals surface area contributed by atoms with Gasteiger partial charge in [-0.05, 0) is 36.4 Å². The minimum Gasteiger partial charge on any atom is -0.311 e. The van der Waals surface area contributed by atoms with Gasteiger partial charge in [0.05, 0.1) is 5.69 Å². The number of amides is 1. The summed E-state index contributed by atoms with van der Waals surface area (Å²) in [5.74, 6) is 0.404. The number of pyridine rings is 1. The Morgan fingerprint density at radius 2 is 1.93 bits per heavy atom. The molecule has 27 heavy (non-hydrogen) atoms. The lowest BCUT2D eigenvalue weighted by Gasteiger charge is -2.08. The first kappa shape index (κ1) is 17.2. The summed E-state index contributed by atoms with van der Waals surface area (Å²) in [6.45, 7) is 1.80. The molecule has 0 fully saturated rings. The average Bonchev–Trinajstić information content (AvgIpc) is 3.08. The lowest BCUT2D eigenvalue weighted by atomic mass is 10.1. The number of hydrogen-bond acceptors (Lipinski definition) is 4. The summed E-state index contributed by atoms with van der Waals surface area (Å²) in [6.07, 6.45) is 3.76. The molecule has 3 heterocycles. The second-order valence-corrected chi connectivity index (χ2v) is 6.38. The minimum absolute atomic E-state index is 0.0890. The molecule has 4 rings (SSSR count). The van der Waals surface area contributed by atoms with Crippen LogP contribution in [0.5, 0.6) is 0 Å². The van der Waals surface area contributed by atoms with Gasteiger partial charge in [-0.2, -0.15) is 5.10 Å². The Morgan fingerprint density at radius 1 is 1.11 bits per heavy atom. The molecule has 0 aliphatic carbocycles. The summed E-state index contributed by atoms with van der Waals surface area (Å²) in [7, 11) is 0. The van der Waals surface area contributed by atoms with E-state index in [2.05, 4.69) is 15.4 Å². The Kier molecular flexibility index (Phi) is 4.56. The van der Waals surface area contributed by atoms with Gasteiger partial charge in [0.2, 0.25) is 5.91 Å². The molecule has 6 nitrogen and oxygen atoms in total. The summed E-state index contributed by atoms with van der Waals surface area (Å²) in [5.41, 5.74) is 4.11. The van der Waals surface area contributed by atoms with Gasteiger partial charge in [0.15, 0.2) is 5.65 Å². The molecular weight excluding hydrogens is 362 g/mol. The molecule has 0 saturated heterocycles. The fraction of sp³-hybridized carbons (Fsp3) is 0.100. The van der Waals surface area contributed by atoms with Crippen molar-refractivity contribution in [1.29, 1.82) is 0 Å². The van der Waals surface area contributed by atoms with Gasteiger partial charge in [-0.15, -0.1) is 0 Å². The van der Waals surface area contributed by atoms with E-state index in [-0.39, 0.29) is 5.91 Å². The van der Waals surface area contributed by atoms with Crippen LogP contribution in [0.4, 0.5) is 5.82 Å². The molecule has 134 valence electrons. The van der Waals surface area contributed by atoms with Gasteiger partial charge in [-0.3, -0.25) is 4.79 Å². The van der Waals surface area contributed by atoms with E-state index < -0.39 is 0 Å². The van der Waals surface area contributed by atoms with Crippen molar-refractivity contribution in [1.82, 2.24) is 19.6 Å². The Hall–Kier alpha value is -3.25. The van der Waals surface area contributed by atoms with E-state index in [1.807, 2.05) is 48.5 Å². The van der Waals surface area contributed by atoms with Crippen LogP contribution in [0.15, 0.2) is 60.9 Å². The van der Waals surface area contributed by atoms with Gasteiger partial charge in [-0.25, -0.2) is 14.5 Å². The first-order chi connectivity index (χ1) is 13.2. The second kappa shape index (κ2) is 7.17. The normalized spacial score (nSPS) is 10.9. The SMILES string of the molecule is CCC(=O)Nc1cc(-c2c(-c3ccc(Cl)cc3)nc3cccnn23)ccn1. The molecule has 0 saturated carbocycles. The van der Waals surface area contributed by atoms with Gasteiger partial charge in [-0.1, -0.05) is 30.7 Å². The van der Waals surface area contributed by atoms with Crippen LogP contribution in [-0.2, 0) is 4.79 Å². The van der Waals surface area contributed by atoms with Crippen LogP contribution in [0, 0.1) is 0 Å². The van der Waals surface area contributed by atoms with Crippen LogP contribution in [0.2, 0.25) is 5.02 Å². The van der Waals surface area contributed by atoms with E-state index in [0.717, 1.165) is 28.2 Å². The Balaban J connectivity index is 1.90. The number of halogens is 1. The first-order valence-corrected chi connectivity index (χ1v) is 8.89. The van der Waals surface area contributed by atoms with Crippen molar-refractivity contribution in [3.05, 3.63) is 65.9 Å². The summed E-state index contributed by atoms with van der Waals surface area (Å²) in [5, 5.41) is 7.90. The molecule has 0 radical (unpaired) electrons. The first-order valence-electron chi connectivity index (χ1n) is 8.51. The zero-order chi connectivity index (χ0) is 18.8. The Morgan fingerprint density at radius 3 is 2.70 bits per heavy atom. The van der Waals surface area contributed by atoms with Crippen molar-refractivity contribution in [3.8, 4) is 22.5 Å². The van der Waals surface area contributed by atoms with E-state index in [1.165, 1.54) is 0 Å². The maximum Gasteiger partial charge on any atom is 0.225 e. The molecule has 1 amide bonds. The second-order valence-electron chi connectivity index (χ2n) is 5.94. The molecule has 0 aliphatic rings. The van der Waals surface area contributed by atoms with Crippen LogP contribution in [-0.4, -0.2) is 25.5 Å². The highest BCUT2D eigenvalue weighted by molar-refractivity contribution is 6.30. The number of rotatable bonds is 4. The van der Waals surface area contributed by atoms with E-state index in [4.69, 9.17) is 16.6 Å². The largest absolute Gasteiger partial charge is 0.311 e. The highest BCUT2D eigenvalue weighted by atomic mass is 35.5. The Bertz CT molecular complexity index is 1120. The van der Waals surface area contributed by atoms with Gasteiger partial charge < -0.3 is 5.32 Å². The summed E-state index contributed by atoms with van der Waals surface area (Å²) in [6, 6.07) is 15.0. The van der Waals surface area contributed by atoms with Crippen molar-refractivity contribution < 1.29 is 4.79 Å². The fourth-order valence-corrected chi connectivity index (χ4v) is 2.96. The predicted molar refractivity (Wildman–Crippen MR) is 106 cm³/mol. The fourth-order valence-electron chi connectivity index (χ4n) is 2.83. The zero-order valence-electron chi connectivity index (χ0n) is 14.6. The van der Waals surface area contributed by atoms with Crippen LogP contribution in [0.3, 0.4) is 0 Å². The van der Waals surface area contributed by atoms with Gasteiger partial charge >= 0.3 is 0 Å². The number of nitrogens with zero attached hydrogens (tertiary/aromatic N) is 4. The highest BCUT2D eigenvalue weighted by Gasteiger charge is 2.17. The summed E-state index contributed by atoms with van der Waals surface area (Å²) < 4.78 is 1.78. The molecule has 0 aliphatic heterocycles. The third-order valence-corrected chi connectivity index (χ3v) is 4.38. The molecular formula is C20H16ClN5O. The molecule has 4 aromatic rings. The number of aromatic nitrogens is 4. The van der Waals surface area contributed by atoms with Gasteiger partial charge in [0.1, 0.15) is 11.5 Å². The van der Waals surface area contributed by atoms with Gasteiger partial charge in [0.25, 0.3) is 0 Å². The number of anilines is 1. The van der Waals surface area contributed by atoms with E-state index >= 15 is 0 Å². The van der Waals surface area contributed by atoms with Crippen molar-refractivity contribution >= 4 is 29.0 Å². The molecule has 1 N–H and O–H groups in total. The highest BCUT2D eigenvalue weighted by Crippen LogP contribution is 2.33. The van der Waals surface area contributed by atoms with E-state index in [1.54, 1.807) is 23.8 Å². The number of carbonyl (C=O) groups excluding carboxylic acids is 1. The van der Waals surface area contributed by atoms with Crippen LogP contribution in [0.25, 0.3) is 28.2 Å². The van der Waals surface area contributed by atoms with E-state index in [0.29, 0.717) is 17.3 Å². The number of nitrogens with one attached hydrogen (secondary N) is 1.